The zero-order valence-electron chi connectivity index (χ0n) is 12.4. The SMILES string of the molecule is CCOC(=O)[C@@H]1CC(=O)N(c2ccc(OC)cc2OC)C1. The van der Waals surface area contributed by atoms with Crippen LogP contribution < -0.4 is 14.4 Å². The van der Waals surface area contributed by atoms with Gasteiger partial charge >= 0.3 is 5.97 Å². The molecule has 0 aliphatic carbocycles. The molecular weight excluding hydrogens is 274 g/mol. The summed E-state index contributed by atoms with van der Waals surface area (Å²) in [5.74, 6) is 0.304. The molecule has 1 aromatic rings. The number of esters is 1. The third kappa shape index (κ3) is 3.09. The van der Waals surface area contributed by atoms with Gasteiger partial charge in [-0.15, -0.1) is 0 Å². The summed E-state index contributed by atoms with van der Waals surface area (Å²) in [5.41, 5.74) is 0.634. The van der Waals surface area contributed by atoms with E-state index in [9.17, 15) is 9.59 Å². The summed E-state index contributed by atoms with van der Waals surface area (Å²) in [7, 11) is 3.09. The van der Waals surface area contributed by atoms with E-state index >= 15 is 0 Å². The number of hydrogen-bond acceptors (Lipinski definition) is 5. The zero-order chi connectivity index (χ0) is 15.4. The lowest BCUT2D eigenvalue weighted by molar-refractivity contribution is -0.147. The van der Waals surface area contributed by atoms with Gasteiger partial charge in [0.1, 0.15) is 11.5 Å². The smallest absolute Gasteiger partial charge is 0.311 e. The van der Waals surface area contributed by atoms with Crippen molar-refractivity contribution in [1.82, 2.24) is 0 Å². The van der Waals surface area contributed by atoms with E-state index in [2.05, 4.69) is 0 Å². The molecule has 0 unspecified atom stereocenters. The molecule has 0 spiro atoms. The minimum absolute atomic E-state index is 0.114. The predicted molar refractivity (Wildman–Crippen MR) is 76.6 cm³/mol. The summed E-state index contributed by atoms with van der Waals surface area (Å²) in [4.78, 5) is 25.5. The van der Waals surface area contributed by atoms with Gasteiger partial charge in [0.25, 0.3) is 0 Å². The first-order valence-corrected chi connectivity index (χ1v) is 6.79. The lowest BCUT2D eigenvalue weighted by Gasteiger charge is -2.20. The van der Waals surface area contributed by atoms with Gasteiger partial charge in [-0.25, -0.2) is 0 Å². The number of amides is 1. The number of methoxy groups -OCH3 is 2. The van der Waals surface area contributed by atoms with Gasteiger partial charge in [-0.2, -0.15) is 0 Å². The van der Waals surface area contributed by atoms with Crippen molar-refractivity contribution in [2.45, 2.75) is 13.3 Å². The molecule has 1 heterocycles. The first kappa shape index (κ1) is 15.2. The standard InChI is InChI=1S/C15H19NO5/c1-4-21-15(18)10-7-14(17)16(9-10)12-6-5-11(19-2)8-13(12)20-3/h5-6,8,10H,4,7,9H2,1-3H3/t10-/m1/s1. The van der Waals surface area contributed by atoms with Crippen LogP contribution in [0.5, 0.6) is 11.5 Å². The fraction of sp³-hybridized carbons (Fsp3) is 0.467. The van der Waals surface area contributed by atoms with Crippen LogP contribution in [0.4, 0.5) is 5.69 Å². The second-order valence-electron chi connectivity index (χ2n) is 4.70. The molecular formula is C15H19NO5. The highest BCUT2D eigenvalue weighted by molar-refractivity contribution is 6.00. The van der Waals surface area contributed by atoms with Gasteiger partial charge in [0.15, 0.2) is 0 Å². The first-order chi connectivity index (χ1) is 10.1. The van der Waals surface area contributed by atoms with Gasteiger partial charge in [-0.3, -0.25) is 9.59 Å². The van der Waals surface area contributed by atoms with Crippen LogP contribution in [0.1, 0.15) is 13.3 Å². The monoisotopic (exact) mass is 293 g/mol. The number of nitrogens with zero attached hydrogens (tertiary/aromatic N) is 1. The van der Waals surface area contributed by atoms with Crippen LogP contribution >= 0.6 is 0 Å². The highest BCUT2D eigenvalue weighted by Gasteiger charge is 2.37. The second kappa shape index (κ2) is 6.47. The molecule has 0 saturated carbocycles. The molecule has 114 valence electrons. The highest BCUT2D eigenvalue weighted by Crippen LogP contribution is 2.35. The molecule has 6 heteroatoms. The average molecular weight is 293 g/mol. The lowest BCUT2D eigenvalue weighted by atomic mass is 10.1. The van der Waals surface area contributed by atoms with Crippen molar-refractivity contribution in [2.24, 2.45) is 5.92 Å². The largest absolute Gasteiger partial charge is 0.497 e. The number of anilines is 1. The third-order valence-electron chi connectivity index (χ3n) is 3.42. The van der Waals surface area contributed by atoms with Gasteiger partial charge in [0.2, 0.25) is 5.91 Å². The molecule has 1 aromatic carbocycles. The van der Waals surface area contributed by atoms with Crippen LogP contribution in [-0.2, 0) is 14.3 Å². The Morgan fingerprint density at radius 2 is 2.10 bits per heavy atom. The molecule has 1 saturated heterocycles. The number of rotatable bonds is 5. The Morgan fingerprint density at radius 3 is 2.71 bits per heavy atom. The number of ether oxygens (including phenoxy) is 3. The normalized spacial score (nSPS) is 17.8. The summed E-state index contributed by atoms with van der Waals surface area (Å²) in [6, 6.07) is 5.21. The third-order valence-corrected chi connectivity index (χ3v) is 3.42. The number of hydrogen-bond donors (Lipinski definition) is 0. The molecule has 1 atom stereocenters. The van der Waals surface area contributed by atoms with Crippen LogP contribution in [-0.4, -0.2) is 39.2 Å². The van der Waals surface area contributed by atoms with E-state index in [0.717, 1.165) is 0 Å². The van der Waals surface area contributed by atoms with Gasteiger partial charge < -0.3 is 19.1 Å². The number of carbonyl (C=O) groups is 2. The molecule has 1 amide bonds. The summed E-state index contributed by atoms with van der Waals surface area (Å²) in [6.45, 7) is 2.37. The molecule has 1 aliphatic heterocycles. The predicted octanol–water partition coefficient (Wildman–Crippen LogP) is 1.62. The van der Waals surface area contributed by atoms with Gasteiger partial charge in [0.05, 0.1) is 32.4 Å². The van der Waals surface area contributed by atoms with Crippen molar-refractivity contribution < 1.29 is 23.8 Å². The maximum absolute atomic E-state index is 12.1. The Bertz CT molecular complexity index is 543. The van der Waals surface area contributed by atoms with E-state index in [1.54, 1.807) is 37.1 Å². The highest BCUT2D eigenvalue weighted by atomic mass is 16.5. The maximum atomic E-state index is 12.1. The van der Waals surface area contributed by atoms with Crippen molar-refractivity contribution in [3.05, 3.63) is 18.2 Å². The summed E-state index contributed by atoms with van der Waals surface area (Å²) in [6.07, 6.45) is 0.161. The molecule has 21 heavy (non-hydrogen) atoms. The molecule has 2 rings (SSSR count). The Kier molecular flexibility index (Phi) is 4.67. The van der Waals surface area contributed by atoms with Crippen molar-refractivity contribution >= 4 is 17.6 Å². The molecule has 0 bridgehead atoms. The molecule has 0 aromatic heterocycles. The van der Waals surface area contributed by atoms with Gasteiger partial charge in [-0.05, 0) is 19.1 Å². The van der Waals surface area contributed by atoms with Crippen molar-refractivity contribution in [2.75, 3.05) is 32.3 Å². The number of benzene rings is 1. The summed E-state index contributed by atoms with van der Waals surface area (Å²) < 4.78 is 15.4. The Balaban J connectivity index is 2.22. The lowest BCUT2D eigenvalue weighted by Crippen LogP contribution is -2.26. The van der Waals surface area contributed by atoms with E-state index in [1.807, 2.05) is 0 Å². The van der Waals surface area contributed by atoms with Crippen LogP contribution in [0, 0.1) is 5.92 Å². The van der Waals surface area contributed by atoms with Crippen molar-refractivity contribution in [3.63, 3.8) is 0 Å². The van der Waals surface area contributed by atoms with E-state index in [-0.39, 0.29) is 18.3 Å². The molecule has 1 fully saturated rings. The summed E-state index contributed by atoms with van der Waals surface area (Å²) >= 11 is 0. The average Bonchev–Trinajstić information content (AvgIpc) is 2.88. The van der Waals surface area contributed by atoms with Crippen LogP contribution in [0.3, 0.4) is 0 Å². The van der Waals surface area contributed by atoms with Crippen molar-refractivity contribution in [3.8, 4) is 11.5 Å². The van der Waals surface area contributed by atoms with Crippen molar-refractivity contribution in [1.29, 1.82) is 0 Å². The van der Waals surface area contributed by atoms with Crippen LogP contribution in [0.2, 0.25) is 0 Å². The second-order valence-corrected chi connectivity index (χ2v) is 4.70. The fourth-order valence-electron chi connectivity index (χ4n) is 2.37. The van der Waals surface area contributed by atoms with E-state index < -0.39 is 5.92 Å². The maximum Gasteiger partial charge on any atom is 0.311 e. The molecule has 0 N–H and O–H groups in total. The minimum atomic E-state index is -0.427. The topological polar surface area (TPSA) is 65.1 Å². The Labute approximate surface area is 123 Å². The van der Waals surface area contributed by atoms with Gasteiger partial charge in [0, 0.05) is 19.0 Å². The summed E-state index contributed by atoms with van der Waals surface area (Å²) in [5, 5.41) is 0. The Morgan fingerprint density at radius 1 is 1.33 bits per heavy atom. The molecule has 0 radical (unpaired) electrons. The molecule has 6 nitrogen and oxygen atoms in total. The Hall–Kier alpha value is -2.24. The van der Waals surface area contributed by atoms with Gasteiger partial charge in [-0.1, -0.05) is 0 Å². The fourth-order valence-corrected chi connectivity index (χ4v) is 2.37. The van der Waals surface area contributed by atoms with E-state index in [1.165, 1.54) is 7.11 Å². The van der Waals surface area contributed by atoms with E-state index in [4.69, 9.17) is 14.2 Å². The quantitative estimate of drug-likeness (QED) is 0.772. The van der Waals surface area contributed by atoms with Crippen LogP contribution in [0.15, 0.2) is 18.2 Å². The number of carbonyl (C=O) groups excluding carboxylic acids is 2. The zero-order valence-corrected chi connectivity index (χ0v) is 12.4. The minimum Gasteiger partial charge on any atom is -0.497 e. The van der Waals surface area contributed by atoms with E-state index in [0.29, 0.717) is 30.3 Å². The first-order valence-electron chi connectivity index (χ1n) is 6.79. The molecule has 1 aliphatic rings. The van der Waals surface area contributed by atoms with Crippen LogP contribution in [0.25, 0.3) is 0 Å².